The predicted octanol–water partition coefficient (Wildman–Crippen LogP) is 3.26. The van der Waals surface area contributed by atoms with E-state index in [4.69, 9.17) is 0 Å². The smallest absolute Gasteiger partial charge is 0.224 e. The summed E-state index contributed by atoms with van der Waals surface area (Å²) in [5.41, 5.74) is 3.85. The van der Waals surface area contributed by atoms with Crippen molar-refractivity contribution >= 4 is 17.7 Å². The number of benzene rings is 2. The molecule has 1 fully saturated rings. The molecule has 2 aromatic rings. The Labute approximate surface area is 153 Å². The van der Waals surface area contributed by atoms with Gasteiger partial charge in [0.25, 0.3) is 0 Å². The van der Waals surface area contributed by atoms with Gasteiger partial charge in [0.2, 0.25) is 5.91 Å². The molecule has 2 atom stereocenters. The zero-order valence-electron chi connectivity index (χ0n) is 14.4. The molecule has 1 amide bonds. The number of rotatable bonds is 3. The third-order valence-electron chi connectivity index (χ3n) is 5.14. The van der Waals surface area contributed by atoms with Gasteiger partial charge in [0.1, 0.15) is 0 Å². The van der Waals surface area contributed by atoms with Gasteiger partial charge < -0.3 is 10.2 Å². The molecule has 2 aromatic carbocycles. The van der Waals surface area contributed by atoms with E-state index in [1.54, 1.807) is 0 Å². The molecule has 4 heteroatoms. The minimum atomic E-state index is 0.0369. The Kier molecular flexibility index (Phi) is 5.09. The van der Waals surface area contributed by atoms with Crippen LogP contribution in [0.4, 0.5) is 0 Å². The van der Waals surface area contributed by atoms with Gasteiger partial charge in [0, 0.05) is 37.1 Å². The van der Waals surface area contributed by atoms with Crippen LogP contribution in [0.3, 0.4) is 0 Å². The highest BCUT2D eigenvalue weighted by Gasteiger charge is 2.32. The number of nitrogens with one attached hydrogen (secondary N) is 1. The minimum absolute atomic E-state index is 0.0369. The zero-order valence-corrected chi connectivity index (χ0v) is 15.2. The van der Waals surface area contributed by atoms with Gasteiger partial charge in [-0.25, -0.2) is 0 Å². The van der Waals surface area contributed by atoms with E-state index in [-0.39, 0.29) is 11.9 Å². The molecule has 1 N–H and O–H groups in total. The van der Waals surface area contributed by atoms with E-state index in [0.29, 0.717) is 12.5 Å². The number of carbonyl (C=O) groups is 1. The monoisotopic (exact) mass is 352 g/mol. The molecule has 0 bridgehead atoms. The maximum atomic E-state index is 13.1. The van der Waals surface area contributed by atoms with Crippen LogP contribution in [0.15, 0.2) is 54.6 Å². The first-order valence-electron chi connectivity index (χ1n) is 9.06. The Balaban J connectivity index is 1.63. The molecule has 2 aliphatic rings. The van der Waals surface area contributed by atoms with Gasteiger partial charge in [-0.2, -0.15) is 11.8 Å². The normalized spacial score (nSPS) is 23.1. The maximum absolute atomic E-state index is 13.1. The van der Waals surface area contributed by atoms with Crippen molar-refractivity contribution in [3.8, 4) is 0 Å². The van der Waals surface area contributed by atoms with Gasteiger partial charge in [-0.15, -0.1) is 0 Å². The van der Waals surface area contributed by atoms with Gasteiger partial charge in [-0.1, -0.05) is 54.6 Å². The summed E-state index contributed by atoms with van der Waals surface area (Å²) in [6.07, 6.45) is 1.54. The van der Waals surface area contributed by atoms with Crippen molar-refractivity contribution in [1.82, 2.24) is 10.2 Å². The first-order chi connectivity index (χ1) is 12.3. The average molecular weight is 353 g/mol. The predicted molar refractivity (Wildman–Crippen MR) is 104 cm³/mol. The molecular formula is C21H24N2OS. The lowest BCUT2D eigenvalue weighted by atomic mass is 9.88. The highest BCUT2D eigenvalue weighted by Crippen LogP contribution is 2.35. The molecule has 0 aliphatic carbocycles. The molecule has 0 radical (unpaired) electrons. The molecule has 3 nitrogen and oxygen atoms in total. The fourth-order valence-corrected chi connectivity index (χ4v) is 4.86. The van der Waals surface area contributed by atoms with Crippen LogP contribution in [0.25, 0.3) is 0 Å². The number of thioether (sulfide) groups is 1. The average Bonchev–Trinajstić information content (AvgIpc) is 2.68. The minimum Gasteiger partial charge on any atom is -0.331 e. The molecule has 2 unspecified atom stereocenters. The fourth-order valence-electron chi connectivity index (χ4n) is 3.91. The van der Waals surface area contributed by atoms with Crippen LogP contribution in [0.1, 0.15) is 29.2 Å². The first kappa shape index (κ1) is 16.7. The van der Waals surface area contributed by atoms with Crippen LogP contribution < -0.4 is 5.32 Å². The quantitative estimate of drug-likeness (QED) is 0.920. The summed E-state index contributed by atoms with van der Waals surface area (Å²) in [6.45, 7) is 1.81. The van der Waals surface area contributed by atoms with Crippen LogP contribution in [0.5, 0.6) is 0 Å². The van der Waals surface area contributed by atoms with E-state index in [2.05, 4.69) is 58.7 Å². The summed E-state index contributed by atoms with van der Waals surface area (Å²) in [5.74, 6) is 2.45. The maximum Gasteiger partial charge on any atom is 0.224 e. The number of nitrogens with zero attached hydrogens (tertiary/aromatic N) is 1. The Morgan fingerprint density at radius 2 is 1.92 bits per heavy atom. The second-order valence-electron chi connectivity index (χ2n) is 6.78. The second kappa shape index (κ2) is 7.63. The first-order valence-corrected chi connectivity index (χ1v) is 10.2. The van der Waals surface area contributed by atoms with Crippen molar-refractivity contribution < 1.29 is 4.79 Å². The van der Waals surface area contributed by atoms with E-state index in [9.17, 15) is 4.79 Å². The molecule has 0 saturated carbocycles. The SMILES string of the molecule is O=C(CC1CSCCN1)N1CCc2ccccc2C1c1ccccc1. The largest absolute Gasteiger partial charge is 0.331 e. The molecule has 130 valence electrons. The van der Waals surface area contributed by atoms with Gasteiger partial charge in [-0.3, -0.25) is 4.79 Å². The molecular weight excluding hydrogens is 328 g/mol. The zero-order chi connectivity index (χ0) is 17.1. The van der Waals surface area contributed by atoms with Crippen LogP contribution in [-0.2, 0) is 11.2 Å². The lowest BCUT2D eigenvalue weighted by molar-refractivity contribution is -0.133. The van der Waals surface area contributed by atoms with Crippen molar-refractivity contribution in [1.29, 1.82) is 0 Å². The number of carbonyl (C=O) groups excluding carboxylic acids is 1. The lowest BCUT2D eigenvalue weighted by Gasteiger charge is -2.39. The van der Waals surface area contributed by atoms with E-state index >= 15 is 0 Å². The van der Waals surface area contributed by atoms with Crippen LogP contribution in [-0.4, -0.2) is 41.4 Å². The van der Waals surface area contributed by atoms with Crippen molar-refractivity contribution in [3.63, 3.8) is 0 Å². The summed E-state index contributed by atoms with van der Waals surface area (Å²) in [4.78, 5) is 15.2. The molecule has 2 aliphatic heterocycles. The highest BCUT2D eigenvalue weighted by molar-refractivity contribution is 7.99. The Morgan fingerprint density at radius 3 is 2.72 bits per heavy atom. The molecule has 0 aromatic heterocycles. The van der Waals surface area contributed by atoms with Crippen molar-refractivity contribution in [3.05, 3.63) is 71.3 Å². The molecule has 4 rings (SSSR count). The van der Waals surface area contributed by atoms with E-state index in [1.165, 1.54) is 16.7 Å². The van der Waals surface area contributed by atoms with E-state index in [0.717, 1.165) is 31.0 Å². The standard InChI is InChI=1S/C21H24N2OS/c24-20(14-18-15-25-13-11-22-18)23-12-10-16-6-4-5-9-19(16)21(23)17-7-2-1-3-8-17/h1-9,18,21-22H,10-15H2. The number of amides is 1. The Hall–Kier alpha value is -1.78. The van der Waals surface area contributed by atoms with Crippen LogP contribution in [0.2, 0.25) is 0 Å². The van der Waals surface area contributed by atoms with E-state index < -0.39 is 0 Å². The molecule has 25 heavy (non-hydrogen) atoms. The van der Waals surface area contributed by atoms with E-state index in [1.807, 2.05) is 17.8 Å². The third kappa shape index (κ3) is 3.60. The summed E-state index contributed by atoms with van der Waals surface area (Å²) in [5, 5.41) is 3.49. The number of fused-ring (bicyclic) bond motifs is 1. The summed E-state index contributed by atoms with van der Waals surface area (Å²) >= 11 is 1.94. The highest BCUT2D eigenvalue weighted by atomic mass is 32.2. The Bertz CT molecular complexity index is 728. The molecule has 0 spiro atoms. The van der Waals surface area contributed by atoms with Crippen molar-refractivity contribution in [2.24, 2.45) is 0 Å². The molecule has 2 heterocycles. The van der Waals surface area contributed by atoms with Gasteiger partial charge in [-0.05, 0) is 23.1 Å². The fraction of sp³-hybridized carbons (Fsp3) is 0.381. The third-order valence-corrected chi connectivity index (χ3v) is 6.27. The summed E-state index contributed by atoms with van der Waals surface area (Å²) in [6, 6.07) is 19.4. The molecule has 1 saturated heterocycles. The Morgan fingerprint density at radius 1 is 1.12 bits per heavy atom. The number of hydrogen-bond acceptors (Lipinski definition) is 3. The number of hydrogen-bond donors (Lipinski definition) is 1. The van der Waals surface area contributed by atoms with Gasteiger partial charge in [0.05, 0.1) is 6.04 Å². The lowest BCUT2D eigenvalue weighted by Crippen LogP contribution is -2.45. The summed E-state index contributed by atoms with van der Waals surface area (Å²) < 4.78 is 0. The van der Waals surface area contributed by atoms with Gasteiger partial charge in [0.15, 0.2) is 0 Å². The second-order valence-corrected chi connectivity index (χ2v) is 7.93. The topological polar surface area (TPSA) is 32.3 Å². The van der Waals surface area contributed by atoms with Crippen molar-refractivity contribution in [2.75, 3.05) is 24.6 Å². The summed E-state index contributed by atoms with van der Waals surface area (Å²) in [7, 11) is 0. The van der Waals surface area contributed by atoms with Crippen LogP contribution in [0, 0.1) is 0 Å². The van der Waals surface area contributed by atoms with Crippen LogP contribution >= 0.6 is 11.8 Å². The van der Waals surface area contributed by atoms with Gasteiger partial charge >= 0.3 is 0 Å². The van der Waals surface area contributed by atoms with Crippen molar-refractivity contribution in [2.45, 2.75) is 24.9 Å².